The molecule has 1 fully saturated rings. The topological polar surface area (TPSA) is 33.1 Å². The highest BCUT2D eigenvalue weighted by molar-refractivity contribution is 7.80. The van der Waals surface area contributed by atoms with Crippen molar-refractivity contribution in [3.8, 4) is 5.69 Å². The van der Waals surface area contributed by atoms with E-state index in [2.05, 4.69) is 59.6 Å². The molecule has 162 valence electrons. The SMILES string of the molecule is CCCCN1C(=S)N[C@@H](c2ccccn2)[C@H]1c1c(C)c(C)n(-c2cccc(Cl)c2)c1C. The number of thiocarbonyl (C=S) groups is 1. The van der Waals surface area contributed by atoms with Gasteiger partial charge in [0.1, 0.15) is 0 Å². The van der Waals surface area contributed by atoms with Crippen molar-refractivity contribution < 1.29 is 0 Å². The molecule has 0 bridgehead atoms. The number of aromatic nitrogens is 2. The van der Waals surface area contributed by atoms with Crippen molar-refractivity contribution in [2.24, 2.45) is 0 Å². The third-order valence-electron chi connectivity index (χ3n) is 6.32. The van der Waals surface area contributed by atoms with Crippen LogP contribution in [0.3, 0.4) is 0 Å². The van der Waals surface area contributed by atoms with Gasteiger partial charge in [-0.05, 0) is 75.3 Å². The predicted octanol–water partition coefficient (Wildman–Crippen LogP) is 6.22. The maximum absolute atomic E-state index is 6.32. The third-order valence-corrected chi connectivity index (χ3v) is 6.91. The fourth-order valence-electron chi connectivity index (χ4n) is 4.73. The molecule has 0 radical (unpaired) electrons. The normalized spacial score (nSPS) is 18.5. The first-order chi connectivity index (χ1) is 14.9. The second-order valence-corrected chi connectivity index (χ2v) is 9.02. The minimum atomic E-state index is 0.0116. The van der Waals surface area contributed by atoms with Gasteiger partial charge in [0.05, 0.1) is 17.8 Å². The molecule has 0 spiro atoms. The first-order valence-electron chi connectivity index (χ1n) is 10.9. The van der Waals surface area contributed by atoms with Crippen LogP contribution in [0.2, 0.25) is 5.02 Å². The molecule has 0 amide bonds. The number of nitrogens with zero attached hydrogens (tertiary/aromatic N) is 3. The van der Waals surface area contributed by atoms with Crippen molar-refractivity contribution in [3.05, 3.63) is 81.9 Å². The van der Waals surface area contributed by atoms with Gasteiger partial charge in [-0.1, -0.05) is 37.1 Å². The number of nitrogens with one attached hydrogen (secondary N) is 1. The van der Waals surface area contributed by atoms with Gasteiger partial charge in [-0.2, -0.15) is 0 Å². The molecule has 0 aliphatic carbocycles. The number of benzene rings is 1. The molecule has 1 aromatic carbocycles. The van der Waals surface area contributed by atoms with Gasteiger partial charge >= 0.3 is 0 Å². The lowest BCUT2D eigenvalue weighted by atomic mass is 9.93. The lowest BCUT2D eigenvalue weighted by Crippen LogP contribution is -2.31. The molecular weight excluding hydrogens is 424 g/mol. The Hall–Kier alpha value is -2.37. The van der Waals surface area contributed by atoms with E-state index in [1.165, 1.54) is 22.5 Å². The monoisotopic (exact) mass is 452 g/mol. The van der Waals surface area contributed by atoms with E-state index in [1.54, 1.807) is 0 Å². The molecule has 0 saturated carbocycles. The van der Waals surface area contributed by atoms with Crippen LogP contribution in [0.4, 0.5) is 0 Å². The fourth-order valence-corrected chi connectivity index (χ4v) is 5.25. The second-order valence-electron chi connectivity index (χ2n) is 8.20. The lowest BCUT2D eigenvalue weighted by Gasteiger charge is -2.29. The number of hydrogen-bond donors (Lipinski definition) is 1. The van der Waals surface area contributed by atoms with E-state index in [-0.39, 0.29) is 12.1 Å². The van der Waals surface area contributed by atoms with Crippen LogP contribution < -0.4 is 5.32 Å². The summed E-state index contributed by atoms with van der Waals surface area (Å²) in [6.07, 6.45) is 4.08. The molecule has 3 aromatic rings. The summed E-state index contributed by atoms with van der Waals surface area (Å²) in [4.78, 5) is 7.03. The molecule has 1 aliphatic rings. The van der Waals surface area contributed by atoms with Gasteiger partial charge < -0.3 is 14.8 Å². The maximum atomic E-state index is 6.32. The Bertz CT molecular complexity index is 1090. The predicted molar refractivity (Wildman–Crippen MR) is 132 cm³/mol. The average Bonchev–Trinajstić information content (AvgIpc) is 3.19. The van der Waals surface area contributed by atoms with Crippen LogP contribution in [-0.4, -0.2) is 26.1 Å². The quantitative estimate of drug-likeness (QED) is 0.450. The van der Waals surface area contributed by atoms with Gasteiger partial charge in [-0.25, -0.2) is 0 Å². The summed E-state index contributed by atoms with van der Waals surface area (Å²) in [7, 11) is 0. The first kappa shape index (κ1) is 21.8. The molecule has 1 aliphatic heterocycles. The molecule has 0 unspecified atom stereocenters. The average molecular weight is 453 g/mol. The highest BCUT2D eigenvalue weighted by Gasteiger charge is 2.42. The van der Waals surface area contributed by atoms with Crippen LogP contribution in [0.25, 0.3) is 5.69 Å². The fraction of sp³-hybridized carbons (Fsp3) is 0.360. The zero-order chi connectivity index (χ0) is 22.1. The standard InChI is InChI=1S/C25H29ClN4S/c1-5-6-14-29-24(23(28-25(29)31)21-12-7-8-13-27-21)22-16(2)17(3)30(18(22)4)20-11-9-10-19(26)15-20/h7-13,15,23-24H,5-6,14H2,1-4H3,(H,28,31)/t23-,24+/m0/s1. The summed E-state index contributed by atoms with van der Waals surface area (Å²) in [6, 6.07) is 14.2. The van der Waals surface area contributed by atoms with Gasteiger partial charge in [0.2, 0.25) is 0 Å². The van der Waals surface area contributed by atoms with Crippen molar-refractivity contribution in [2.45, 2.75) is 52.6 Å². The molecule has 2 atom stereocenters. The van der Waals surface area contributed by atoms with Crippen LogP contribution in [-0.2, 0) is 0 Å². The Morgan fingerprint density at radius 3 is 2.58 bits per heavy atom. The number of hydrogen-bond acceptors (Lipinski definition) is 2. The Morgan fingerprint density at radius 1 is 1.10 bits per heavy atom. The summed E-state index contributed by atoms with van der Waals surface area (Å²) >= 11 is 12.1. The Balaban J connectivity index is 1.88. The Kier molecular flexibility index (Phi) is 6.35. The minimum Gasteiger partial charge on any atom is -0.352 e. The van der Waals surface area contributed by atoms with Gasteiger partial charge in [0.15, 0.2) is 5.11 Å². The lowest BCUT2D eigenvalue weighted by molar-refractivity contribution is 0.311. The van der Waals surface area contributed by atoms with E-state index in [1.807, 2.05) is 36.5 Å². The van der Waals surface area contributed by atoms with Crippen molar-refractivity contribution in [1.82, 2.24) is 19.8 Å². The molecule has 1 N–H and O–H groups in total. The summed E-state index contributed by atoms with van der Waals surface area (Å²) in [5.74, 6) is 0. The second kappa shape index (κ2) is 9.01. The van der Waals surface area contributed by atoms with Crippen LogP contribution in [0, 0.1) is 20.8 Å². The minimum absolute atomic E-state index is 0.0116. The zero-order valence-electron chi connectivity index (χ0n) is 18.5. The Labute approximate surface area is 195 Å². The van der Waals surface area contributed by atoms with Gasteiger partial charge in [-0.3, -0.25) is 4.98 Å². The molecule has 31 heavy (non-hydrogen) atoms. The molecule has 4 nitrogen and oxygen atoms in total. The van der Waals surface area contributed by atoms with Crippen molar-refractivity contribution in [1.29, 1.82) is 0 Å². The highest BCUT2D eigenvalue weighted by Crippen LogP contribution is 2.43. The number of halogens is 1. The molecule has 2 aromatic heterocycles. The van der Waals surface area contributed by atoms with E-state index < -0.39 is 0 Å². The van der Waals surface area contributed by atoms with E-state index in [0.29, 0.717) is 0 Å². The maximum Gasteiger partial charge on any atom is 0.170 e. The Morgan fingerprint density at radius 2 is 1.90 bits per heavy atom. The van der Waals surface area contributed by atoms with Crippen LogP contribution in [0.1, 0.15) is 60.1 Å². The molecular formula is C25H29ClN4S. The van der Waals surface area contributed by atoms with Gasteiger partial charge in [0.25, 0.3) is 0 Å². The molecule has 1 saturated heterocycles. The van der Waals surface area contributed by atoms with Crippen molar-refractivity contribution >= 4 is 28.9 Å². The van der Waals surface area contributed by atoms with Crippen LogP contribution in [0.15, 0.2) is 48.7 Å². The van der Waals surface area contributed by atoms with Crippen molar-refractivity contribution in [2.75, 3.05) is 6.54 Å². The van der Waals surface area contributed by atoms with Gasteiger partial charge in [0, 0.05) is 40.4 Å². The van der Waals surface area contributed by atoms with Crippen LogP contribution >= 0.6 is 23.8 Å². The number of unbranched alkanes of at least 4 members (excludes halogenated alkanes) is 1. The number of pyridine rings is 1. The van der Waals surface area contributed by atoms with E-state index in [0.717, 1.165) is 40.9 Å². The summed E-state index contributed by atoms with van der Waals surface area (Å²) in [6.45, 7) is 9.74. The van der Waals surface area contributed by atoms with Crippen molar-refractivity contribution in [3.63, 3.8) is 0 Å². The number of rotatable bonds is 6. The summed E-state index contributed by atoms with van der Waals surface area (Å²) in [5, 5.41) is 5.12. The largest absolute Gasteiger partial charge is 0.352 e. The highest BCUT2D eigenvalue weighted by atomic mass is 35.5. The van der Waals surface area contributed by atoms with E-state index in [4.69, 9.17) is 23.8 Å². The van der Waals surface area contributed by atoms with E-state index >= 15 is 0 Å². The third kappa shape index (κ3) is 3.97. The molecule has 3 heterocycles. The molecule has 6 heteroatoms. The first-order valence-corrected chi connectivity index (χ1v) is 11.6. The zero-order valence-corrected chi connectivity index (χ0v) is 20.1. The smallest absolute Gasteiger partial charge is 0.170 e. The summed E-state index contributed by atoms with van der Waals surface area (Å²) < 4.78 is 2.31. The van der Waals surface area contributed by atoms with Crippen LogP contribution in [0.5, 0.6) is 0 Å². The molecule has 4 rings (SSSR count). The van der Waals surface area contributed by atoms with Gasteiger partial charge in [-0.15, -0.1) is 0 Å². The van der Waals surface area contributed by atoms with E-state index in [9.17, 15) is 0 Å². The summed E-state index contributed by atoms with van der Waals surface area (Å²) in [5.41, 5.74) is 7.15.